The minimum absolute atomic E-state index is 1.04. The monoisotopic (exact) mass is 227 g/mol. The van der Waals surface area contributed by atoms with Crippen LogP contribution in [0.4, 0.5) is 5.82 Å². The molecule has 2 heterocycles. The Morgan fingerprint density at radius 1 is 1.18 bits per heavy atom. The number of nitrogens with one attached hydrogen (secondary N) is 1. The molecule has 1 aliphatic rings. The number of rotatable bonds is 1. The van der Waals surface area contributed by atoms with Crippen LogP contribution in [-0.4, -0.2) is 31.2 Å². The van der Waals surface area contributed by atoms with Gasteiger partial charge < -0.3 is 10.2 Å². The number of hydrogen-bond acceptors (Lipinski definition) is 3. The van der Waals surface area contributed by atoms with Crippen LogP contribution in [0.2, 0.25) is 0 Å². The van der Waals surface area contributed by atoms with Gasteiger partial charge in [-0.25, -0.2) is 4.98 Å². The molecule has 1 N–H and O–H groups in total. The Labute approximate surface area is 101 Å². The van der Waals surface area contributed by atoms with E-state index in [1.165, 1.54) is 10.8 Å². The first-order chi connectivity index (χ1) is 8.34. The van der Waals surface area contributed by atoms with Gasteiger partial charge in [-0.2, -0.15) is 0 Å². The van der Waals surface area contributed by atoms with E-state index in [0.29, 0.717) is 0 Å². The molecule has 0 unspecified atom stereocenters. The Morgan fingerprint density at radius 3 is 2.76 bits per heavy atom. The molecule has 1 fully saturated rings. The zero-order valence-corrected chi connectivity index (χ0v) is 10.1. The maximum atomic E-state index is 4.72. The van der Waals surface area contributed by atoms with Crippen LogP contribution >= 0.6 is 0 Å². The first-order valence-electron chi connectivity index (χ1n) is 6.17. The topological polar surface area (TPSA) is 28.2 Å². The van der Waals surface area contributed by atoms with Crippen molar-refractivity contribution in [3.05, 3.63) is 36.0 Å². The van der Waals surface area contributed by atoms with Gasteiger partial charge in [0, 0.05) is 37.3 Å². The minimum atomic E-state index is 1.04. The van der Waals surface area contributed by atoms with E-state index in [1.807, 2.05) is 0 Å². The average Bonchev–Trinajstić information content (AvgIpc) is 2.39. The van der Waals surface area contributed by atoms with E-state index in [1.54, 1.807) is 0 Å². The van der Waals surface area contributed by atoms with Crippen molar-refractivity contribution < 1.29 is 0 Å². The molecule has 88 valence electrons. The summed E-state index contributed by atoms with van der Waals surface area (Å²) in [6.07, 6.45) is 0. The highest BCUT2D eigenvalue weighted by atomic mass is 15.2. The molecule has 3 nitrogen and oxygen atoms in total. The van der Waals surface area contributed by atoms with Gasteiger partial charge in [-0.15, -0.1) is 0 Å². The van der Waals surface area contributed by atoms with Crippen LogP contribution in [0, 0.1) is 6.92 Å². The first-order valence-corrected chi connectivity index (χ1v) is 6.17. The number of fused-ring (bicyclic) bond motifs is 1. The van der Waals surface area contributed by atoms with Gasteiger partial charge in [0.25, 0.3) is 0 Å². The van der Waals surface area contributed by atoms with Crippen LogP contribution in [0.5, 0.6) is 0 Å². The molecule has 0 radical (unpaired) electrons. The number of nitrogens with zero attached hydrogens (tertiary/aromatic N) is 2. The third kappa shape index (κ3) is 1.98. The van der Waals surface area contributed by atoms with Crippen LogP contribution in [-0.2, 0) is 0 Å². The lowest BCUT2D eigenvalue weighted by atomic mass is 10.1. The van der Waals surface area contributed by atoms with E-state index in [0.717, 1.165) is 37.7 Å². The third-order valence-corrected chi connectivity index (χ3v) is 3.26. The van der Waals surface area contributed by atoms with Crippen molar-refractivity contribution in [3.63, 3.8) is 0 Å². The molecule has 0 saturated carbocycles. The van der Waals surface area contributed by atoms with E-state index in [4.69, 9.17) is 4.98 Å². The Morgan fingerprint density at radius 2 is 1.94 bits per heavy atom. The standard InChI is InChI=1S/C14H17N3/c1-11-10-12-4-2-3-5-13(12)14(16-11)17-8-6-15-7-9-17/h2-5,10,15H,6-9H2,1H3. The number of pyridine rings is 1. The average molecular weight is 227 g/mol. The predicted molar refractivity (Wildman–Crippen MR) is 71.6 cm³/mol. The van der Waals surface area contributed by atoms with Gasteiger partial charge in [0.15, 0.2) is 0 Å². The molecule has 0 amide bonds. The second-order valence-electron chi connectivity index (χ2n) is 4.55. The fourth-order valence-electron chi connectivity index (χ4n) is 2.43. The first kappa shape index (κ1) is 10.5. The summed E-state index contributed by atoms with van der Waals surface area (Å²) in [5, 5.41) is 5.93. The van der Waals surface area contributed by atoms with Crippen molar-refractivity contribution in [2.45, 2.75) is 6.92 Å². The molecule has 17 heavy (non-hydrogen) atoms. The maximum absolute atomic E-state index is 4.72. The van der Waals surface area contributed by atoms with Crippen molar-refractivity contribution in [1.29, 1.82) is 0 Å². The Bertz CT molecular complexity index is 530. The number of hydrogen-bond donors (Lipinski definition) is 1. The Hall–Kier alpha value is -1.61. The summed E-state index contributed by atoms with van der Waals surface area (Å²) in [4.78, 5) is 7.10. The Balaban J connectivity index is 2.13. The molecule has 0 spiro atoms. The van der Waals surface area contributed by atoms with Crippen molar-refractivity contribution in [2.75, 3.05) is 31.1 Å². The van der Waals surface area contributed by atoms with Crippen molar-refractivity contribution in [3.8, 4) is 0 Å². The van der Waals surface area contributed by atoms with Crippen LogP contribution in [0.25, 0.3) is 10.8 Å². The summed E-state index contributed by atoms with van der Waals surface area (Å²) in [7, 11) is 0. The number of piperazine rings is 1. The van der Waals surface area contributed by atoms with Crippen LogP contribution < -0.4 is 10.2 Å². The highest BCUT2D eigenvalue weighted by Gasteiger charge is 2.14. The quantitative estimate of drug-likeness (QED) is 0.807. The zero-order chi connectivity index (χ0) is 11.7. The molecule has 1 aromatic carbocycles. The molecule has 0 atom stereocenters. The normalized spacial score (nSPS) is 16.4. The highest BCUT2D eigenvalue weighted by Crippen LogP contribution is 2.25. The molecule has 1 saturated heterocycles. The third-order valence-electron chi connectivity index (χ3n) is 3.26. The molecule has 3 heteroatoms. The minimum Gasteiger partial charge on any atom is -0.354 e. The smallest absolute Gasteiger partial charge is 0.136 e. The summed E-state index contributed by atoms with van der Waals surface area (Å²) in [5.74, 6) is 1.14. The number of benzene rings is 1. The van der Waals surface area contributed by atoms with Gasteiger partial charge in [0.1, 0.15) is 5.82 Å². The van der Waals surface area contributed by atoms with E-state index in [-0.39, 0.29) is 0 Å². The van der Waals surface area contributed by atoms with Crippen LogP contribution in [0.3, 0.4) is 0 Å². The molecule has 2 aromatic rings. The summed E-state index contributed by atoms with van der Waals surface area (Å²) < 4.78 is 0. The second kappa shape index (κ2) is 4.34. The zero-order valence-electron chi connectivity index (χ0n) is 10.1. The summed E-state index contributed by atoms with van der Waals surface area (Å²) in [6, 6.07) is 10.7. The lowest BCUT2D eigenvalue weighted by Gasteiger charge is -2.29. The van der Waals surface area contributed by atoms with Gasteiger partial charge in [0.05, 0.1) is 0 Å². The molecule has 1 aromatic heterocycles. The summed E-state index contributed by atoms with van der Waals surface area (Å²) >= 11 is 0. The van der Waals surface area contributed by atoms with Gasteiger partial charge in [-0.1, -0.05) is 24.3 Å². The fraction of sp³-hybridized carbons (Fsp3) is 0.357. The number of anilines is 1. The lowest BCUT2D eigenvalue weighted by molar-refractivity contribution is 0.586. The van der Waals surface area contributed by atoms with Gasteiger partial charge >= 0.3 is 0 Å². The number of aryl methyl sites for hydroxylation is 1. The summed E-state index contributed by atoms with van der Waals surface area (Å²) in [6.45, 7) is 6.24. The second-order valence-corrected chi connectivity index (χ2v) is 4.55. The largest absolute Gasteiger partial charge is 0.354 e. The lowest BCUT2D eigenvalue weighted by Crippen LogP contribution is -2.44. The van der Waals surface area contributed by atoms with Gasteiger partial charge in [-0.3, -0.25) is 0 Å². The fourth-order valence-corrected chi connectivity index (χ4v) is 2.43. The molecule has 0 bridgehead atoms. The van der Waals surface area contributed by atoms with E-state index in [9.17, 15) is 0 Å². The van der Waals surface area contributed by atoms with Crippen LogP contribution in [0.15, 0.2) is 30.3 Å². The Kier molecular flexibility index (Phi) is 2.69. The predicted octanol–water partition coefficient (Wildman–Crippen LogP) is 1.95. The molecule has 0 aliphatic carbocycles. The van der Waals surface area contributed by atoms with Crippen molar-refractivity contribution >= 4 is 16.6 Å². The molecule has 1 aliphatic heterocycles. The van der Waals surface area contributed by atoms with E-state index in [2.05, 4.69) is 47.5 Å². The van der Waals surface area contributed by atoms with Crippen molar-refractivity contribution in [2.24, 2.45) is 0 Å². The summed E-state index contributed by atoms with van der Waals surface area (Å²) in [5.41, 5.74) is 1.09. The molecule has 3 rings (SSSR count). The van der Waals surface area contributed by atoms with Gasteiger partial charge in [-0.05, 0) is 18.4 Å². The highest BCUT2D eigenvalue weighted by molar-refractivity contribution is 5.92. The SMILES string of the molecule is Cc1cc2ccccc2c(N2CCNCC2)n1. The molecular weight excluding hydrogens is 210 g/mol. The maximum Gasteiger partial charge on any atom is 0.136 e. The van der Waals surface area contributed by atoms with Gasteiger partial charge in [0.2, 0.25) is 0 Å². The van der Waals surface area contributed by atoms with E-state index >= 15 is 0 Å². The van der Waals surface area contributed by atoms with Crippen molar-refractivity contribution in [1.82, 2.24) is 10.3 Å². The molecular formula is C14H17N3. The van der Waals surface area contributed by atoms with Crippen LogP contribution in [0.1, 0.15) is 5.69 Å². The number of aromatic nitrogens is 1. The van der Waals surface area contributed by atoms with E-state index < -0.39 is 0 Å².